The molecule has 0 aliphatic rings. The largest absolute Gasteiger partial charge is 0.467 e. The van der Waals surface area contributed by atoms with Crippen molar-refractivity contribution >= 4 is 23.6 Å². The number of aryl methyl sites for hydroxylation is 2. The second-order valence-electron chi connectivity index (χ2n) is 6.41. The average Bonchev–Trinajstić information content (AvgIpc) is 3.14. The minimum Gasteiger partial charge on any atom is -0.467 e. The number of nitrogens with zero attached hydrogens (tertiary/aromatic N) is 2. The van der Waals surface area contributed by atoms with Crippen molar-refractivity contribution < 1.29 is 18.7 Å². The van der Waals surface area contributed by atoms with Gasteiger partial charge in [-0.05, 0) is 43.0 Å². The zero-order valence-corrected chi connectivity index (χ0v) is 17.1. The molecule has 0 saturated carbocycles. The molecule has 0 aliphatic heterocycles. The Morgan fingerprint density at radius 3 is 2.63 bits per heavy atom. The van der Waals surface area contributed by atoms with Gasteiger partial charge >= 0.3 is 5.97 Å². The van der Waals surface area contributed by atoms with Gasteiger partial charge in [0.05, 0.1) is 12.9 Å². The number of carbonyl (C=O) groups excluding carboxylic acids is 2. The van der Waals surface area contributed by atoms with Gasteiger partial charge in [0, 0.05) is 5.56 Å². The van der Waals surface area contributed by atoms with E-state index in [1.165, 1.54) is 12.7 Å². The predicted molar refractivity (Wildman–Crippen MR) is 103 cm³/mol. The number of methoxy groups -OCH3 is 1. The number of benzene rings is 1. The first-order valence-corrected chi connectivity index (χ1v) is 9.75. The molecular weight excluding hydrogens is 366 g/mol. The van der Waals surface area contributed by atoms with Crippen LogP contribution in [0.2, 0.25) is 0 Å². The Morgan fingerprint density at radius 2 is 2.00 bits per heavy atom. The minimum atomic E-state index is -0.665. The molecule has 27 heavy (non-hydrogen) atoms. The fourth-order valence-corrected chi connectivity index (χ4v) is 2.97. The first-order chi connectivity index (χ1) is 12.8. The maximum absolute atomic E-state index is 12.2. The van der Waals surface area contributed by atoms with E-state index >= 15 is 0 Å². The lowest BCUT2D eigenvalue weighted by atomic mass is 9.99. The van der Waals surface area contributed by atoms with Crippen molar-refractivity contribution in [1.82, 2.24) is 15.5 Å². The highest BCUT2D eigenvalue weighted by atomic mass is 32.2. The van der Waals surface area contributed by atoms with E-state index in [1.54, 1.807) is 0 Å². The zero-order valence-electron chi connectivity index (χ0n) is 16.2. The highest BCUT2D eigenvalue weighted by Crippen LogP contribution is 2.24. The van der Waals surface area contributed by atoms with Gasteiger partial charge in [-0.25, -0.2) is 4.79 Å². The predicted octanol–water partition coefficient (Wildman–Crippen LogP) is 3.15. The van der Waals surface area contributed by atoms with Gasteiger partial charge in [-0.15, -0.1) is 10.2 Å². The molecule has 0 aliphatic carbocycles. The molecule has 1 aromatic heterocycles. The monoisotopic (exact) mass is 391 g/mol. The van der Waals surface area contributed by atoms with Gasteiger partial charge in [-0.3, -0.25) is 4.79 Å². The van der Waals surface area contributed by atoms with Gasteiger partial charge in [0.25, 0.3) is 5.22 Å². The van der Waals surface area contributed by atoms with Crippen LogP contribution >= 0.6 is 11.8 Å². The molecule has 8 heteroatoms. The smallest absolute Gasteiger partial charge is 0.328 e. The van der Waals surface area contributed by atoms with Crippen LogP contribution in [0.3, 0.4) is 0 Å². The molecule has 1 aromatic carbocycles. The maximum Gasteiger partial charge on any atom is 0.328 e. The van der Waals surface area contributed by atoms with E-state index < -0.39 is 12.0 Å². The number of thioether (sulfide) groups is 1. The number of amides is 1. The molecule has 0 unspecified atom stereocenters. The van der Waals surface area contributed by atoms with Gasteiger partial charge in [0.15, 0.2) is 0 Å². The summed E-state index contributed by atoms with van der Waals surface area (Å²) < 4.78 is 10.4. The second-order valence-corrected chi connectivity index (χ2v) is 7.34. The van der Waals surface area contributed by atoms with Crippen LogP contribution in [0.4, 0.5) is 0 Å². The van der Waals surface area contributed by atoms with Crippen LogP contribution < -0.4 is 5.32 Å². The summed E-state index contributed by atoms with van der Waals surface area (Å²) >= 11 is 1.13. The van der Waals surface area contributed by atoms with Gasteiger partial charge in [0.2, 0.25) is 11.8 Å². The molecule has 2 atom stereocenters. The second kappa shape index (κ2) is 9.55. The molecule has 1 N–H and O–H groups in total. The fourth-order valence-electron chi connectivity index (χ4n) is 2.40. The first-order valence-electron chi connectivity index (χ1n) is 8.76. The number of hydrogen-bond donors (Lipinski definition) is 1. The van der Waals surface area contributed by atoms with Crippen molar-refractivity contribution in [3.63, 3.8) is 0 Å². The molecular formula is C19H25N3O4S. The number of esters is 1. The quantitative estimate of drug-likeness (QED) is 0.545. The Hall–Kier alpha value is -2.35. The van der Waals surface area contributed by atoms with Crippen molar-refractivity contribution in [3.8, 4) is 11.5 Å². The average molecular weight is 391 g/mol. The number of hydrogen-bond acceptors (Lipinski definition) is 7. The third-order valence-electron chi connectivity index (χ3n) is 4.47. The molecule has 0 spiro atoms. The molecule has 0 radical (unpaired) electrons. The van der Waals surface area contributed by atoms with Gasteiger partial charge < -0.3 is 14.5 Å². The van der Waals surface area contributed by atoms with E-state index in [9.17, 15) is 9.59 Å². The molecule has 1 amide bonds. The topological polar surface area (TPSA) is 94.3 Å². The Kier molecular flexibility index (Phi) is 7.41. The molecule has 0 saturated heterocycles. The summed E-state index contributed by atoms with van der Waals surface area (Å²) in [6, 6.07) is 5.24. The summed E-state index contributed by atoms with van der Waals surface area (Å²) in [5.74, 6) is -0.281. The number of nitrogens with one attached hydrogen (secondary N) is 1. The van der Waals surface area contributed by atoms with Crippen LogP contribution in [0.15, 0.2) is 27.8 Å². The van der Waals surface area contributed by atoms with Crippen molar-refractivity contribution in [2.75, 3.05) is 12.9 Å². The summed E-state index contributed by atoms with van der Waals surface area (Å²) in [7, 11) is 1.31. The lowest BCUT2D eigenvalue weighted by Gasteiger charge is -2.21. The standard InChI is InChI=1S/C19H25N3O4S/c1-6-11(2)16(18(24)25-5)20-15(23)10-27-19-22-21-17(26-19)14-8-7-12(3)13(4)9-14/h7-9,11,16H,6,10H2,1-5H3,(H,20,23)/t11-,16-/m1/s1. The van der Waals surface area contributed by atoms with Crippen LogP contribution in [0.1, 0.15) is 31.4 Å². The SMILES string of the molecule is CC[C@@H](C)[C@@H](NC(=O)CSc1nnc(-c2ccc(C)c(C)c2)o1)C(=O)OC. The highest BCUT2D eigenvalue weighted by Gasteiger charge is 2.26. The molecule has 2 rings (SSSR count). The summed E-state index contributed by atoms with van der Waals surface area (Å²) in [5, 5.41) is 11.0. The molecule has 0 bridgehead atoms. The third-order valence-corrected chi connectivity index (χ3v) is 5.29. The lowest BCUT2D eigenvalue weighted by Crippen LogP contribution is -2.46. The van der Waals surface area contributed by atoms with Crippen LogP contribution in [0, 0.1) is 19.8 Å². The number of aromatic nitrogens is 2. The molecule has 7 nitrogen and oxygen atoms in total. The Balaban J connectivity index is 1.96. The summed E-state index contributed by atoms with van der Waals surface area (Å²) in [5.41, 5.74) is 3.16. The maximum atomic E-state index is 12.2. The highest BCUT2D eigenvalue weighted by molar-refractivity contribution is 7.99. The summed E-state index contributed by atoms with van der Waals surface area (Å²) in [4.78, 5) is 24.0. The van der Waals surface area contributed by atoms with E-state index in [1.807, 2.05) is 45.9 Å². The minimum absolute atomic E-state index is 0.0221. The van der Waals surface area contributed by atoms with Crippen LogP contribution in [-0.2, 0) is 14.3 Å². The van der Waals surface area contributed by atoms with E-state index in [0.29, 0.717) is 11.1 Å². The fraction of sp³-hybridized carbons (Fsp3) is 0.474. The van der Waals surface area contributed by atoms with Crippen LogP contribution in [0.5, 0.6) is 0 Å². The Bertz CT molecular complexity index is 806. The lowest BCUT2D eigenvalue weighted by molar-refractivity contribution is -0.146. The number of ether oxygens (including phenoxy) is 1. The Morgan fingerprint density at radius 1 is 1.26 bits per heavy atom. The normalized spacial score (nSPS) is 13.1. The van der Waals surface area contributed by atoms with Crippen LogP contribution in [0.25, 0.3) is 11.5 Å². The van der Waals surface area contributed by atoms with Crippen molar-refractivity contribution in [3.05, 3.63) is 29.3 Å². The molecule has 2 aromatic rings. The molecule has 0 fully saturated rings. The van der Waals surface area contributed by atoms with E-state index in [4.69, 9.17) is 9.15 Å². The third kappa shape index (κ3) is 5.56. The van der Waals surface area contributed by atoms with Crippen molar-refractivity contribution in [1.29, 1.82) is 0 Å². The van der Waals surface area contributed by atoms with E-state index in [2.05, 4.69) is 15.5 Å². The van der Waals surface area contributed by atoms with Crippen molar-refractivity contribution in [2.24, 2.45) is 5.92 Å². The number of rotatable bonds is 8. The van der Waals surface area contributed by atoms with Gasteiger partial charge in [-0.1, -0.05) is 38.1 Å². The van der Waals surface area contributed by atoms with Crippen LogP contribution in [-0.4, -0.2) is 41.0 Å². The summed E-state index contributed by atoms with van der Waals surface area (Å²) in [6.45, 7) is 7.90. The van der Waals surface area contributed by atoms with Gasteiger partial charge in [0.1, 0.15) is 6.04 Å². The Labute approximate surface area is 163 Å². The molecule has 1 heterocycles. The van der Waals surface area contributed by atoms with Crippen molar-refractivity contribution in [2.45, 2.75) is 45.4 Å². The van der Waals surface area contributed by atoms with E-state index in [0.717, 1.165) is 29.3 Å². The first kappa shape index (κ1) is 21.0. The summed E-state index contributed by atoms with van der Waals surface area (Å²) in [6.07, 6.45) is 0.746. The number of carbonyl (C=O) groups is 2. The molecule has 146 valence electrons. The zero-order chi connectivity index (χ0) is 20.0. The van der Waals surface area contributed by atoms with Gasteiger partial charge in [-0.2, -0.15) is 0 Å². The van der Waals surface area contributed by atoms with E-state index in [-0.39, 0.29) is 17.6 Å².